The molecule has 0 unspecified atom stereocenters. The highest BCUT2D eigenvalue weighted by Crippen LogP contribution is 2.31. The summed E-state index contributed by atoms with van der Waals surface area (Å²) in [5, 5.41) is 13.6. The fourth-order valence-electron chi connectivity index (χ4n) is 1.93. The van der Waals surface area contributed by atoms with E-state index in [1.807, 2.05) is 24.3 Å². The van der Waals surface area contributed by atoms with Gasteiger partial charge in [-0.1, -0.05) is 27.7 Å². The van der Waals surface area contributed by atoms with E-state index in [1.165, 1.54) is 35.2 Å². The second-order valence-electron chi connectivity index (χ2n) is 4.73. The van der Waals surface area contributed by atoms with E-state index in [9.17, 15) is 14.9 Å². The lowest BCUT2D eigenvalue weighted by Crippen LogP contribution is -2.13. The van der Waals surface area contributed by atoms with Crippen LogP contribution in [0, 0.1) is 10.1 Å². The number of aromatic nitrogens is 1. The fraction of sp³-hybridized carbons (Fsp3) is 0.0667. The molecule has 24 heavy (non-hydrogen) atoms. The number of carbonyl (C=O) groups is 1. The second kappa shape index (κ2) is 7.29. The number of halogens is 1. The van der Waals surface area contributed by atoms with Crippen LogP contribution in [0.2, 0.25) is 0 Å². The number of thiazole rings is 1. The molecule has 9 heteroatoms. The molecule has 2 aromatic carbocycles. The smallest absolute Gasteiger partial charge is 0.270 e. The molecule has 0 aliphatic rings. The number of anilines is 1. The van der Waals surface area contributed by atoms with Crippen LogP contribution in [0.25, 0.3) is 10.2 Å². The number of thioether (sulfide) groups is 1. The molecule has 3 aromatic rings. The van der Waals surface area contributed by atoms with Crippen LogP contribution >= 0.6 is 39.0 Å². The minimum atomic E-state index is -0.433. The van der Waals surface area contributed by atoms with Crippen LogP contribution in [0.5, 0.6) is 0 Å². The molecule has 0 bridgehead atoms. The van der Waals surface area contributed by atoms with Crippen molar-refractivity contribution in [3.63, 3.8) is 0 Å². The largest absolute Gasteiger partial charge is 0.325 e. The van der Waals surface area contributed by atoms with E-state index in [1.54, 1.807) is 6.07 Å². The maximum atomic E-state index is 12.0. The van der Waals surface area contributed by atoms with Crippen molar-refractivity contribution in [2.75, 3.05) is 11.1 Å². The Morgan fingerprint density at radius 2 is 2.04 bits per heavy atom. The van der Waals surface area contributed by atoms with Crippen molar-refractivity contribution in [3.8, 4) is 0 Å². The van der Waals surface area contributed by atoms with Gasteiger partial charge in [0.2, 0.25) is 5.91 Å². The van der Waals surface area contributed by atoms with Gasteiger partial charge in [0.15, 0.2) is 4.34 Å². The third kappa shape index (κ3) is 4.11. The number of amides is 1. The Balaban J connectivity index is 1.63. The van der Waals surface area contributed by atoms with E-state index in [0.717, 1.165) is 14.9 Å². The minimum Gasteiger partial charge on any atom is -0.325 e. The number of benzene rings is 2. The van der Waals surface area contributed by atoms with Gasteiger partial charge in [0.25, 0.3) is 5.69 Å². The minimum absolute atomic E-state index is 0.0377. The first kappa shape index (κ1) is 16.9. The molecule has 0 spiro atoms. The Morgan fingerprint density at radius 1 is 1.29 bits per heavy atom. The van der Waals surface area contributed by atoms with Crippen LogP contribution < -0.4 is 5.32 Å². The third-order valence-electron chi connectivity index (χ3n) is 3.02. The molecule has 0 aliphatic heterocycles. The highest BCUT2D eigenvalue weighted by molar-refractivity contribution is 9.10. The standard InChI is InChI=1S/C15H10BrN3O3S2/c16-9-1-3-10(4-2-9)17-14(20)8-23-15-18-12-6-5-11(19(21)22)7-13(12)24-15/h1-7H,8H2,(H,17,20). The number of nitrogens with zero attached hydrogens (tertiary/aromatic N) is 2. The highest BCUT2D eigenvalue weighted by Gasteiger charge is 2.12. The van der Waals surface area contributed by atoms with Gasteiger partial charge in [-0.3, -0.25) is 14.9 Å². The first-order valence-electron chi connectivity index (χ1n) is 6.74. The van der Waals surface area contributed by atoms with Gasteiger partial charge in [-0.2, -0.15) is 0 Å². The van der Waals surface area contributed by atoms with Crippen LogP contribution in [0.4, 0.5) is 11.4 Å². The van der Waals surface area contributed by atoms with Gasteiger partial charge in [0, 0.05) is 22.3 Å². The topological polar surface area (TPSA) is 85.1 Å². The summed E-state index contributed by atoms with van der Waals surface area (Å²) in [5.74, 6) is 0.0883. The first-order valence-corrected chi connectivity index (χ1v) is 9.34. The van der Waals surface area contributed by atoms with Crippen molar-refractivity contribution in [3.05, 3.63) is 57.1 Å². The van der Waals surface area contributed by atoms with Gasteiger partial charge in [-0.15, -0.1) is 11.3 Å². The quantitative estimate of drug-likeness (QED) is 0.365. The molecule has 1 N–H and O–H groups in total. The van der Waals surface area contributed by atoms with Crippen LogP contribution in [0.3, 0.4) is 0 Å². The van der Waals surface area contributed by atoms with E-state index < -0.39 is 4.92 Å². The van der Waals surface area contributed by atoms with Crippen molar-refractivity contribution in [2.24, 2.45) is 0 Å². The van der Waals surface area contributed by atoms with E-state index in [-0.39, 0.29) is 17.3 Å². The number of fused-ring (bicyclic) bond motifs is 1. The van der Waals surface area contributed by atoms with E-state index >= 15 is 0 Å². The Kier molecular flexibility index (Phi) is 5.12. The summed E-state index contributed by atoms with van der Waals surface area (Å²) in [6.07, 6.45) is 0. The molecule has 122 valence electrons. The molecule has 1 heterocycles. The third-order valence-corrected chi connectivity index (χ3v) is 5.71. The summed E-state index contributed by atoms with van der Waals surface area (Å²) in [6, 6.07) is 11.9. The molecular formula is C15H10BrN3O3S2. The predicted molar refractivity (Wildman–Crippen MR) is 99.8 cm³/mol. The van der Waals surface area contributed by atoms with E-state index in [0.29, 0.717) is 9.86 Å². The van der Waals surface area contributed by atoms with Crippen LogP contribution in [-0.2, 0) is 4.79 Å². The maximum absolute atomic E-state index is 12.0. The first-order chi connectivity index (χ1) is 11.5. The molecule has 0 atom stereocenters. The SMILES string of the molecule is O=C(CSc1nc2ccc([N+](=O)[O-])cc2s1)Nc1ccc(Br)cc1. The summed E-state index contributed by atoms with van der Waals surface area (Å²) in [4.78, 5) is 26.7. The Bertz CT molecular complexity index is 912. The summed E-state index contributed by atoms with van der Waals surface area (Å²) < 4.78 is 2.38. The van der Waals surface area contributed by atoms with Gasteiger partial charge in [-0.25, -0.2) is 4.98 Å². The monoisotopic (exact) mass is 423 g/mol. The number of nitro groups is 1. The van der Waals surface area contributed by atoms with Gasteiger partial charge < -0.3 is 5.32 Å². The number of nitro benzene ring substituents is 1. The van der Waals surface area contributed by atoms with E-state index in [4.69, 9.17) is 0 Å². The predicted octanol–water partition coefficient (Wildman–Crippen LogP) is 4.70. The van der Waals surface area contributed by atoms with Crippen LogP contribution in [0.15, 0.2) is 51.3 Å². The van der Waals surface area contributed by atoms with Gasteiger partial charge in [-0.05, 0) is 30.3 Å². The van der Waals surface area contributed by atoms with Crippen molar-refractivity contribution in [2.45, 2.75) is 4.34 Å². The zero-order chi connectivity index (χ0) is 17.1. The molecule has 0 aliphatic carbocycles. The fourth-order valence-corrected chi connectivity index (χ4v) is 4.09. The summed E-state index contributed by atoms with van der Waals surface area (Å²) in [5.41, 5.74) is 1.46. The van der Waals surface area contributed by atoms with Crippen molar-refractivity contribution in [1.82, 2.24) is 4.98 Å². The lowest BCUT2D eigenvalue weighted by Gasteiger charge is -2.03. The Hall–Kier alpha value is -1.97. The molecular weight excluding hydrogens is 414 g/mol. The van der Waals surface area contributed by atoms with Gasteiger partial charge >= 0.3 is 0 Å². The van der Waals surface area contributed by atoms with Gasteiger partial charge in [0.1, 0.15) is 0 Å². The van der Waals surface area contributed by atoms with Crippen molar-refractivity contribution in [1.29, 1.82) is 0 Å². The van der Waals surface area contributed by atoms with Crippen LogP contribution in [-0.4, -0.2) is 21.6 Å². The van der Waals surface area contributed by atoms with Crippen molar-refractivity contribution < 1.29 is 9.72 Å². The molecule has 1 aromatic heterocycles. The Morgan fingerprint density at radius 3 is 2.75 bits per heavy atom. The summed E-state index contributed by atoms with van der Waals surface area (Å²) in [7, 11) is 0. The highest BCUT2D eigenvalue weighted by atomic mass is 79.9. The molecule has 3 rings (SSSR count). The molecule has 0 radical (unpaired) electrons. The molecule has 0 fully saturated rings. The molecule has 0 saturated heterocycles. The average molecular weight is 424 g/mol. The van der Waals surface area contributed by atoms with Crippen molar-refractivity contribution >= 4 is 66.5 Å². The zero-order valence-electron chi connectivity index (χ0n) is 12.1. The molecule has 0 saturated carbocycles. The number of rotatable bonds is 5. The second-order valence-corrected chi connectivity index (χ2v) is 7.90. The average Bonchev–Trinajstić information content (AvgIpc) is 2.97. The summed E-state index contributed by atoms with van der Waals surface area (Å²) >= 11 is 5.99. The lowest BCUT2D eigenvalue weighted by molar-refractivity contribution is -0.384. The number of carbonyl (C=O) groups excluding carboxylic acids is 1. The normalized spacial score (nSPS) is 10.7. The maximum Gasteiger partial charge on any atom is 0.270 e. The number of hydrogen-bond acceptors (Lipinski definition) is 6. The number of hydrogen-bond donors (Lipinski definition) is 1. The zero-order valence-corrected chi connectivity index (χ0v) is 15.3. The Labute approximate surface area is 153 Å². The number of non-ortho nitro benzene ring substituents is 1. The lowest BCUT2D eigenvalue weighted by atomic mass is 10.3. The van der Waals surface area contributed by atoms with Crippen LogP contribution in [0.1, 0.15) is 0 Å². The van der Waals surface area contributed by atoms with E-state index in [2.05, 4.69) is 26.2 Å². The molecule has 6 nitrogen and oxygen atoms in total. The molecule has 1 amide bonds. The van der Waals surface area contributed by atoms with Gasteiger partial charge in [0.05, 0.1) is 20.9 Å². The summed E-state index contributed by atoms with van der Waals surface area (Å²) in [6.45, 7) is 0. The number of nitrogens with one attached hydrogen (secondary N) is 1.